The average Bonchev–Trinajstić information content (AvgIpc) is 2.94. The van der Waals surface area contributed by atoms with Gasteiger partial charge in [-0.1, -0.05) is 0 Å². The number of benzene rings is 1. The lowest BCUT2D eigenvalue weighted by molar-refractivity contribution is -0.137. The molecule has 2 aliphatic heterocycles. The highest BCUT2D eigenvalue weighted by molar-refractivity contribution is 6.00. The van der Waals surface area contributed by atoms with E-state index in [2.05, 4.69) is 5.48 Å². The highest BCUT2D eigenvalue weighted by Crippen LogP contribution is 2.35. The molecule has 22 heavy (non-hydrogen) atoms. The molecule has 0 saturated carbocycles. The summed E-state index contributed by atoms with van der Waals surface area (Å²) in [5.74, 6) is 0.530. The molecule has 0 radical (unpaired) electrons. The predicted molar refractivity (Wildman–Crippen MR) is 77.7 cm³/mol. The van der Waals surface area contributed by atoms with E-state index in [1.165, 1.54) is 0 Å². The molecule has 0 unspecified atom stereocenters. The number of nitrogens with zero attached hydrogens (tertiary/aromatic N) is 1. The van der Waals surface area contributed by atoms with Crippen LogP contribution in [0.3, 0.4) is 0 Å². The smallest absolute Gasteiger partial charge is 0.248 e. The zero-order valence-corrected chi connectivity index (χ0v) is 12.3. The van der Waals surface area contributed by atoms with Crippen LogP contribution in [-0.4, -0.2) is 38.2 Å². The Hall–Kier alpha value is -2.28. The lowest BCUT2D eigenvalue weighted by Gasteiger charge is -2.22. The third kappa shape index (κ3) is 2.85. The van der Waals surface area contributed by atoms with E-state index in [0.717, 1.165) is 0 Å². The van der Waals surface area contributed by atoms with E-state index in [4.69, 9.17) is 14.3 Å². The van der Waals surface area contributed by atoms with Crippen LogP contribution < -0.4 is 19.9 Å². The minimum Gasteiger partial charge on any atom is -0.486 e. The Morgan fingerprint density at radius 3 is 2.91 bits per heavy atom. The molecule has 7 heteroatoms. The van der Waals surface area contributed by atoms with E-state index in [1.807, 2.05) is 0 Å². The standard InChI is InChI=1S/C15H18N2O5/c1-2-22-16-15(19)10-7-14(18)17(9-10)11-3-4-12-13(8-11)21-6-5-20-12/h3-4,8,10H,2,5-7,9H2,1H3,(H,16,19)/t10-/m0/s1. The molecule has 0 bridgehead atoms. The number of ether oxygens (including phenoxy) is 2. The van der Waals surface area contributed by atoms with Gasteiger partial charge in [0.25, 0.3) is 0 Å². The van der Waals surface area contributed by atoms with Gasteiger partial charge >= 0.3 is 0 Å². The molecule has 1 N–H and O–H groups in total. The highest BCUT2D eigenvalue weighted by atomic mass is 16.6. The first kappa shape index (κ1) is 14.6. The van der Waals surface area contributed by atoms with Gasteiger partial charge < -0.3 is 14.4 Å². The van der Waals surface area contributed by atoms with Crippen LogP contribution >= 0.6 is 0 Å². The summed E-state index contributed by atoms with van der Waals surface area (Å²) < 4.78 is 11.0. The van der Waals surface area contributed by atoms with Crippen LogP contribution in [0.15, 0.2) is 18.2 Å². The fraction of sp³-hybridized carbons (Fsp3) is 0.467. The molecule has 2 amide bonds. The van der Waals surface area contributed by atoms with Crippen molar-refractivity contribution in [2.75, 3.05) is 31.3 Å². The van der Waals surface area contributed by atoms with Crippen LogP contribution in [0.25, 0.3) is 0 Å². The van der Waals surface area contributed by atoms with Crippen LogP contribution in [-0.2, 0) is 14.4 Å². The summed E-state index contributed by atoms with van der Waals surface area (Å²) in [6.07, 6.45) is 0.174. The van der Waals surface area contributed by atoms with E-state index < -0.39 is 5.92 Å². The summed E-state index contributed by atoms with van der Waals surface area (Å²) in [6.45, 7) is 3.51. The first-order chi connectivity index (χ1) is 10.7. The molecule has 0 spiro atoms. The first-order valence-corrected chi connectivity index (χ1v) is 7.30. The molecule has 3 rings (SSSR count). The summed E-state index contributed by atoms with van der Waals surface area (Å²) in [7, 11) is 0. The van der Waals surface area contributed by atoms with E-state index in [0.29, 0.717) is 43.6 Å². The number of nitrogens with one attached hydrogen (secondary N) is 1. The average molecular weight is 306 g/mol. The molecule has 1 atom stereocenters. The number of carbonyl (C=O) groups is 2. The van der Waals surface area contributed by atoms with Crippen LogP contribution in [0.1, 0.15) is 13.3 Å². The van der Waals surface area contributed by atoms with E-state index in [-0.39, 0.29) is 18.2 Å². The largest absolute Gasteiger partial charge is 0.486 e. The van der Waals surface area contributed by atoms with Crippen LogP contribution in [0.5, 0.6) is 11.5 Å². The van der Waals surface area contributed by atoms with Gasteiger partial charge in [-0.25, -0.2) is 5.48 Å². The van der Waals surface area contributed by atoms with Gasteiger partial charge in [-0.2, -0.15) is 0 Å². The van der Waals surface area contributed by atoms with Crippen LogP contribution in [0.2, 0.25) is 0 Å². The van der Waals surface area contributed by atoms with Crippen LogP contribution in [0.4, 0.5) is 5.69 Å². The minimum atomic E-state index is -0.410. The van der Waals surface area contributed by atoms with Crippen molar-refractivity contribution in [3.8, 4) is 11.5 Å². The summed E-state index contributed by atoms with van der Waals surface area (Å²) in [4.78, 5) is 30.5. The second kappa shape index (κ2) is 6.23. The van der Waals surface area contributed by atoms with Gasteiger partial charge in [0.05, 0.1) is 12.5 Å². The Bertz CT molecular complexity index is 589. The molecular formula is C15H18N2O5. The van der Waals surface area contributed by atoms with Gasteiger partial charge in [0.15, 0.2) is 11.5 Å². The molecular weight excluding hydrogens is 288 g/mol. The third-order valence-corrected chi connectivity index (χ3v) is 3.65. The number of anilines is 1. The molecule has 1 fully saturated rings. The minimum absolute atomic E-state index is 0.0895. The number of rotatable bonds is 4. The molecule has 118 valence electrons. The van der Waals surface area contributed by atoms with Gasteiger partial charge in [-0.05, 0) is 19.1 Å². The second-order valence-electron chi connectivity index (χ2n) is 5.13. The maximum absolute atomic E-state index is 12.2. The van der Waals surface area contributed by atoms with E-state index in [1.54, 1.807) is 30.0 Å². The second-order valence-corrected chi connectivity index (χ2v) is 5.13. The third-order valence-electron chi connectivity index (χ3n) is 3.65. The molecule has 7 nitrogen and oxygen atoms in total. The van der Waals surface area contributed by atoms with Crippen molar-refractivity contribution >= 4 is 17.5 Å². The SMILES string of the molecule is CCONC(=O)[C@H]1CC(=O)N(c2ccc3c(c2)OCCO3)C1. The summed E-state index contributed by atoms with van der Waals surface area (Å²) in [6, 6.07) is 5.36. The summed E-state index contributed by atoms with van der Waals surface area (Å²) in [5.41, 5.74) is 3.06. The number of hydrogen-bond acceptors (Lipinski definition) is 5. The Balaban J connectivity index is 1.72. The van der Waals surface area contributed by atoms with Crippen molar-refractivity contribution < 1.29 is 23.9 Å². The molecule has 2 heterocycles. The van der Waals surface area contributed by atoms with Crippen LogP contribution in [0, 0.1) is 5.92 Å². The number of hydrogen-bond donors (Lipinski definition) is 1. The van der Waals surface area contributed by atoms with E-state index in [9.17, 15) is 9.59 Å². The Morgan fingerprint density at radius 2 is 2.14 bits per heavy atom. The maximum atomic E-state index is 12.2. The van der Waals surface area contributed by atoms with Crippen molar-refractivity contribution in [3.63, 3.8) is 0 Å². The number of hydroxylamine groups is 1. The number of amides is 2. The quantitative estimate of drug-likeness (QED) is 0.836. The zero-order chi connectivity index (χ0) is 15.5. The fourth-order valence-corrected chi connectivity index (χ4v) is 2.56. The molecule has 1 aromatic carbocycles. The lowest BCUT2D eigenvalue weighted by atomic mass is 10.1. The zero-order valence-electron chi connectivity index (χ0n) is 12.3. The van der Waals surface area contributed by atoms with Gasteiger partial charge in [0, 0.05) is 24.7 Å². The van der Waals surface area contributed by atoms with Gasteiger partial charge in [-0.15, -0.1) is 0 Å². The van der Waals surface area contributed by atoms with Gasteiger partial charge in [0.1, 0.15) is 13.2 Å². The number of carbonyl (C=O) groups excluding carboxylic acids is 2. The Labute approximate surface area is 128 Å². The molecule has 0 aliphatic carbocycles. The fourth-order valence-electron chi connectivity index (χ4n) is 2.56. The van der Waals surface area contributed by atoms with Crippen molar-refractivity contribution in [2.45, 2.75) is 13.3 Å². The van der Waals surface area contributed by atoms with Crippen molar-refractivity contribution in [3.05, 3.63) is 18.2 Å². The molecule has 1 saturated heterocycles. The highest BCUT2D eigenvalue weighted by Gasteiger charge is 2.35. The van der Waals surface area contributed by atoms with Crippen molar-refractivity contribution in [1.82, 2.24) is 5.48 Å². The maximum Gasteiger partial charge on any atom is 0.248 e. The van der Waals surface area contributed by atoms with Crippen molar-refractivity contribution in [1.29, 1.82) is 0 Å². The first-order valence-electron chi connectivity index (χ1n) is 7.30. The van der Waals surface area contributed by atoms with Crippen molar-refractivity contribution in [2.24, 2.45) is 5.92 Å². The Morgan fingerprint density at radius 1 is 1.36 bits per heavy atom. The Kier molecular flexibility index (Phi) is 4.15. The molecule has 1 aromatic rings. The number of fused-ring (bicyclic) bond motifs is 1. The molecule has 2 aliphatic rings. The summed E-state index contributed by atoms with van der Waals surface area (Å²) >= 11 is 0. The lowest BCUT2D eigenvalue weighted by Crippen LogP contribution is -2.33. The normalized spacial score (nSPS) is 20.1. The van der Waals surface area contributed by atoms with E-state index >= 15 is 0 Å². The molecule has 0 aromatic heterocycles. The summed E-state index contributed by atoms with van der Waals surface area (Å²) in [5, 5.41) is 0. The predicted octanol–water partition coefficient (Wildman–Crippen LogP) is 0.878. The topological polar surface area (TPSA) is 77.1 Å². The monoisotopic (exact) mass is 306 g/mol. The van der Waals surface area contributed by atoms with Gasteiger partial charge in [0.2, 0.25) is 11.8 Å². The van der Waals surface area contributed by atoms with Gasteiger partial charge in [-0.3, -0.25) is 14.4 Å².